The highest BCUT2D eigenvalue weighted by Crippen LogP contribution is 2.58. The summed E-state index contributed by atoms with van der Waals surface area (Å²) >= 11 is 1.93. The Labute approximate surface area is 343 Å². The summed E-state index contributed by atoms with van der Waals surface area (Å²) in [6.45, 7) is 12.1. The first kappa shape index (κ1) is 33.9. The van der Waals surface area contributed by atoms with E-state index in [0.29, 0.717) is 0 Å². The number of furan rings is 1. The summed E-state index contributed by atoms with van der Waals surface area (Å²) in [5, 5.41) is 5.16. The Morgan fingerprint density at radius 1 is 0.569 bits per heavy atom. The van der Waals surface area contributed by atoms with Gasteiger partial charge >= 0.3 is 0 Å². The molecule has 0 aliphatic heterocycles. The van der Waals surface area contributed by atoms with Gasteiger partial charge in [-0.05, 0) is 106 Å². The second-order valence-corrected chi connectivity index (χ2v) is 19.0. The third-order valence-corrected chi connectivity index (χ3v) is 15.1. The van der Waals surface area contributed by atoms with Crippen molar-refractivity contribution in [3.8, 4) is 22.3 Å². The summed E-state index contributed by atoms with van der Waals surface area (Å²) in [5.41, 5.74) is 17.2. The Bertz CT molecular complexity index is 3260. The molecule has 0 amide bonds. The van der Waals surface area contributed by atoms with Crippen LogP contribution in [-0.2, 0) is 10.8 Å². The molecule has 12 rings (SSSR count). The molecule has 2 aromatic heterocycles. The predicted octanol–water partition coefficient (Wildman–Crippen LogP) is 15.5. The van der Waals surface area contributed by atoms with Gasteiger partial charge in [0.25, 0.3) is 0 Å². The van der Waals surface area contributed by atoms with E-state index >= 15 is 0 Å². The highest BCUT2D eigenvalue weighted by molar-refractivity contribution is 7.26. The van der Waals surface area contributed by atoms with Crippen LogP contribution in [0.2, 0.25) is 0 Å². The van der Waals surface area contributed by atoms with E-state index in [9.17, 15) is 0 Å². The van der Waals surface area contributed by atoms with Crippen molar-refractivity contribution in [2.24, 2.45) is 0 Å². The third kappa shape index (κ3) is 4.54. The SMILES string of the molecule is CC1(C)C2=C(C=CC(C)(N(c3ccc(-c4ccccc4)cc3)c3ccc4c(c3)C(C)(C)c3ccc5c(sc6ccccc65)c3-4)C2)c2ccc3oc4ccccc4c3c21. The number of allylic oxidation sites excluding steroid dienone is 2. The number of fused-ring (bicyclic) bond motifs is 13. The van der Waals surface area contributed by atoms with Gasteiger partial charge in [-0.3, -0.25) is 0 Å². The van der Waals surface area contributed by atoms with Crippen LogP contribution in [0, 0.1) is 0 Å². The molecule has 3 aliphatic carbocycles. The lowest BCUT2D eigenvalue weighted by molar-refractivity contribution is 0.502. The van der Waals surface area contributed by atoms with Crippen molar-refractivity contribution >= 4 is 70.4 Å². The molecule has 0 saturated carbocycles. The van der Waals surface area contributed by atoms with Crippen LogP contribution < -0.4 is 4.90 Å². The number of hydrogen-bond donors (Lipinski definition) is 0. The molecule has 3 aliphatic rings. The molecular weight excluding hydrogens is 723 g/mol. The summed E-state index contributed by atoms with van der Waals surface area (Å²) in [6.07, 6.45) is 5.80. The molecule has 0 bridgehead atoms. The van der Waals surface area contributed by atoms with E-state index in [1.165, 1.54) is 98.0 Å². The van der Waals surface area contributed by atoms with E-state index in [1.54, 1.807) is 0 Å². The van der Waals surface area contributed by atoms with Crippen molar-refractivity contribution < 1.29 is 4.42 Å². The van der Waals surface area contributed by atoms with Crippen molar-refractivity contribution in [3.63, 3.8) is 0 Å². The quantitative estimate of drug-likeness (QED) is 0.177. The van der Waals surface area contributed by atoms with Crippen LogP contribution >= 0.6 is 11.3 Å². The van der Waals surface area contributed by atoms with E-state index < -0.39 is 0 Å². The van der Waals surface area contributed by atoms with Crippen LogP contribution in [-0.4, -0.2) is 5.54 Å². The lowest BCUT2D eigenvalue weighted by atomic mass is 9.72. The average Bonchev–Trinajstić information content (AvgIpc) is 3.94. The van der Waals surface area contributed by atoms with Gasteiger partial charge in [0.2, 0.25) is 0 Å². The fourth-order valence-corrected chi connectivity index (χ4v) is 12.2. The van der Waals surface area contributed by atoms with Crippen molar-refractivity contribution in [2.45, 2.75) is 57.4 Å². The summed E-state index contributed by atoms with van der Waals surface area (Å²) in [4.78, 5) is 2.62. The van der Waals surface area contributed by atoms with Crippen LogP contribution in [0.3, 0.4) is 0 Å². The molecule has 2 nitrogen and oxygen atoms in total. The van der Waals surface area contributed by atoms with Crippen molar-refractivity contribution in [1.82, 2.24) is 0 Å². The Morgan fingerprint density at radius 2 is 1.28 bits per heavy atom. The Kier molecular flexibility index (Phi) is 6.85. The number of benzene rings is 7. The standard InChI is InChI=1S/C55H43NOS/c1-53(2)43-27-25-40-38-15-10-12-18-48(38)58-52(40)49(43)41-24-23-36(31-44(41)53)56(35-21-19-34(20-22-35)33-13-7-6-8-14-33)55(5)30-29-37-39-26-28-47-50(42-16-9-11-17-46(42)57-47)51(39)54(3,4)45(37)32-55/h6-31H,32H2,1-5H3. The molecular formula is C55H43NOS. The van der Waals surface area contributed by atoms with Gasteiger partial charge in [0.05, 0.1) is 5.54 Å². The molecule has 0 radical (unpaired) electrons. The van der Waals surface area contributed by atoms with Gasteiger partial charge in [0.1, 0.15) is 11.2 Å². The van der Waals surface area contributed by atoms with E-state index in [0.717, 1.165) is 17.6 Å². The monoisotopic (exact) mass is 765 g/mol. The minimum atomic E-state index is -0.355. The maximum absolute atomic E-state index is 6.43. The molecule has 9 aromatic rings. The Balaban J connectivity index is 1.01. The van der Waals surface area contributed by atoms with Crippen LogP contribution in [0.15, 0.2) is 168 Å². The summed E-state index contributed by atoms with van der Waals surface area (Å²) < 4.78 is 9.18. The first-order chi connectivity index (χ1) is 28.1. The molecule has 0 N–H and O–H groups in total. The normalized spacial score (nSPS) is 18.6. The van der Waals surface area contributed by atoms with Crippen LogP contribution in [0.4, 0.5) is 11.4 Å². The van der Waals surface area contributed by atoms with E-state index in [-0.39, 0.29) is 16.4 Å². The molecule has 7 aromatic carbocycles. The number of rotatable bonds is 4. The fourth-order valence-electron chi connectivity index (χ4n) is 11.0. The highest BCUT2D eigenvalue weighted by Gasteiger charge is 2.46. The minimum Gasteiger partial charge on any atom is -0.456 e. The highest BCUT2D eigenvalue weighted by atomic mass is 32.1. The first-order valence-electron chi connectivity index (χ1n) is 20.6. The van der Waals surface area contributed by atoms with Gasteiger partial charge in [-0.1, -0.05) is 143 Å². The number of anilines is 2. The Morgan fingerprint density at radius 3 is 2.10 bits per heavy atom. The van der Waals surface area contributed by atoms with Crippen molar-refractivity contribution in [3.05, 3.63) is 186 Å². The Hall–Kier alpha value is -6.16. The molecule has 1 unspecified atom stereocenters. The molecule has 2 heterocycles. The van der Waals surface area contributed by atoms with Gasteiger partial charge in [-0.2, -0.15) is 0 Å². The van der Waals surface area contributed by atoms with Gasteiger partial charge in [0, 0.05) is 58.7 Å². The van der Waals surface area contributed by atoms with Gasteiger partial charge < -0.3 is 9.32 Å². The number of nitrogens with zero attached hydrogens (tertiary/aromatic N) is 1. The van der Waals surface area contributed by atoms with Gasteiger partial charge in [0.15, 0.2) is 0 Å². The molecule has 0 spiro atoms. The molecule has 0 fully saturated rings. The zero-order valence-corrected chi connectivity index (χ0v) is 34.3. The van der Waals surface area contributed by atoms with Crippen LogP contribution in [0.5, 0.6) is 0 Å². The smallest absolute Gasteiger partial charge is 0.135 e. The molecule has 280 valence electrons. The maximum Gasteiger partial charge on any atom is 0.135 e. The van der Waals surface area contributed by atoms with E-state index in [2.05, 4.69) is 197 Å². The topological polar surface area (TPSA) is 16.4 Å². The van der Waals surface area contributed by atoms with E-state index in [4.69, 9.17) is 4.42 Å². The molecule has 58 heavy (non-hydrogen) atoms. The predicted molar refractivity (Wildman–Crippen MR) is 247 cm³/mol. The second-order valence-electron chi connectivity index (χ2n) is 17.9. The first-order valence-corrected chi connectivity index (χ1v) is 21.4. The van der Waals surface area contributed by atoms with Crippen molar-refractivity contribution in [1.29, 1.82) is 0 Å². The summed E-state index contributed by atoms with van der Waals surface area (Å²) in [6, 6.07) is 53.9. The molecule has 0 saturated heterocycles. The lowest BCUT2D eigenvalue weighted by Crippen LogP contribution is -2.44. The lowest BCUT2D eigenvalue weighted by Gasteiger charge is -2.45. The fraction of sp³-hybridized carbons (Fsp3) is 0.164. The largest absolute Gasteiger partial charge is 0.456 e. The second kappa shape index (κ2) is 11.7. The number of thiophene rings is 1. The molecule has 3 heteroatoms. The average molecular weight is 766 g/mol. The maximum atomic E-state index is 6.43. The zero-order valence-electron chi connectivity index (χ0n) is 33.5. The zero-order chi connectivity index (χ0) is 39.1. The summed E-state index contributed by atoms with van der Waals surface area (Å²) in [5.74, 6) is 0. The molecule has 1 atom stereocenters. The van der Waals surface area contributed by atoms with E-state index in [1.807, 2.05) is 11.3 Å². The van der Waals surface area contributed by atoms with Crippen LogP contribution in [0.1, 0.15) is 63.3 Å². The minimum absolute atomic E-state index is 0.152. The summed E-state index contributed by atoms with van der Waals surface area (Å²) in [7, 11) is 0. The van der Waals surface area contributed by atoms with Crippen molar-refractivity contribution in [2.75, 3.05) is 4.90 Å². The third-order valence-electron chi connectivity index (χ3n) is 13.8. The van der Waals surface area contributed by atoms with Gasteiger partial charge in [-0.25, -0.2) is 0 Å². The number of para-hydroxylation sites is 1. The number of hydrogen-bond acceptors (Lipinski definition) is 3. The van der Waals surface area contributed by atoms with Crippen LogP contribution in [0.25, 0.3) is 69.9 Å². The van der Waals surface area contributed by atoms with Gasteiger partial charge in [-0.15, -0.1) is 11.3 Å².